The van der Waals surface area contributed by atoms with E-state index in [1.807, 2.05) is 0 Å². The zero-order valence-electron chi connectivity index (χ0n) is 30.2. The van der Waals surface area contributed by atoms with E-state index in [1.54, 1.807) is 49.4 Å². The molecule has 1 saturated carbocycles. The average molecular weight is 734 g/mol. The highest BCUT2D eigenvalue weighted by Crippen LogP contribution is 2.27. The molecule has 1 heterocycles. The van der Waals surface area contributed by atoms with Gasteiger partial charge in [-0.15, -0.1) is 0 Å². The Morgan fingerprint density at radius 2 is 1.62 bits per heavy atom. The molecule has 4 rings (SSSR count). The van der Waals surface area contributed by atoms with Gasteiger partial charge >= 0.3 is 5.97 Å². The number of amides is 5. The number of carbonyl (C=O) groups is 7. The van der Waals surface area contributed by atoms with E-state index in [9.17, 15) is 38.7 Å². The molecule has 0 spiro atoms. The molecule has 0 saturated heterocycles. The summed E-state index contributed by atoms with van der Waals surface area (Å²) in [6.07, 6.45) is 7.39. The van der Waals surface area contributed by atoms with Crippen LogP contribution in [0.2, 0.25) is 0 Å². The summed E-state index contributed by atoms with van der Waals surface area (Å²) in [6, 6.07) is 10.5. The maximum Gasteiger partial charge on any atom is 0.330 e. The molecule has 14 nitrogen and oxygen atoms in total. The first-order valence-corrected chi connectivity index (χ1v) is 18.6. The van der Waals surface area contributed by atoms with Gasteiger partial charge in [0.2, 0.25) is 29.4 Å². The number of rotatable bonds is 12. The molecule has 6 N–H and O–H groups in total. The molecule has 53 heavy (non-hydrogen) atoms. The number of carbonyl (C=O) groups excluding carboxylic acids is 6. The lowest BCUT2D eigenvalue weighted by molar-refractivity contribution is -0.142. The van der Waals surface area contributed by atoms with Crippen molar-refractivity contribution in [3.8, 4) is 5.75 Å². The summed E-state index contributed by atoms with van der Waals surface area (Å²) in [5, 5.41) is 22.6. The van der Waals surface area contributed by atoms with Crippen LogP contribution in [0.15, 0.2) is 54.6 Å². The minimum atomic E-state index is -1.37. The SMILES string of the molecule is CCCC(NC(=O)[C@@H]1Cc2cccc(c2)OCCCCCC(=O)NC(C2CCCCC2)C(=O)N1)C(=O)C(=O)NCC(=O)N[C@H](C(=O)O)c1ccccc1. The second-order valence-corrected chi connectivity index (χ2v) is 13.7. The first-order valence-electron chi connectivity index (χ1n) is 18.6. The third-order valence-electron chi connectivity index (χ3n) is 9.54. The van der Waals surface area contributed by atoms with Gasteiger partial charge in [0.1, 0.15) is 17.8 Å². The van der Waals surface area contributed by atoms with Crippen LogP contribution in [-0.4, -0.2) is 77.7 Å². The van der Waals surface area contributed by atoms with Crippen molar-refractivity contribution in [2.45, 2.75) is 108 Å². The van der Waals surface area contributed by atoms with Gasteiger partial charge in [0.15, 0.2) is 6.04 Å². The van der Waals surface area contributed by atoms with Crippen LogP contribution >= 0.6 is 0 Å². The predicted octanol–water partition coefficient (Wildman–Crippen LogP) is 2.64. The topological polar surface area (TPSA) is 209 Å². The van der Waals surface area contributed by atoms with E-state index in [2.05, 4.69) is 26.6 Å². The molecule has 14 heteroatoms. The van der Waals surface area contributed by atoms with Crippen LogP contribution in [0.25, 0.3) is 0 Å². The predicted molar refractivity (Wildman–Crippen MR) is 194 cm³/mol. The van der Waals surface area contributed by atoms with Gasteiger partial charge in [0.25, 0.3) is 5.91 Å². The number of benzene rings is 2. The summed E-state index contributed by atoms with van der Waals surface area (Å²) in [5.74, 6) is -5.23. The number of ketones is 1. The fourth-order valence-electron chi connectivity index (χ4n) is 6.71. The van der Waals surface area contributed by atoms with E-state index in [0.717, 1.165) is 44.9 Å². The van der Waals surface area contributed by atoms with Gasteiger partial charge in [0, 0.05) is 12.8 Å². The summed E-state index contributed by atoms with van der Waals surface area (Å²) >= 11 is 0. The van der Waals surface area contributed by atoms with Crippen molar-refractivity contribution in [1.29, 1.82) is 0 Å². The molecule has 0 aromatic heterocycles. The first-order chi connectivity index (χ1) is 25.5. The van der Waals surface area contributed by atoms with E-state index in [-0.39, 0.29) is 31.1 Å². The number of hydrogen-bond acceptors (Lipinski definition) is 8. The second-order valence-electron chi connectivity index (χ2n) is 13.7. The molecule has 1 aliphatic carbocycles. The van der Waals surface area contributed by atoms with Crippen molar-refractivity contribution in [1.82, 2.24) is 26.6 Å². The Balaban J connectivity index is 1.49. The standard InChI is InChI=1S/C39H51N5O9/c1-2-13-29(35(47)38(50)40-24-32(46)44-34(39(51)52)27-17-8-4-9-18-27)41-36(48)30-23-25-14-12-19-28(22-25)53-21-11-5-10-20-31(45)43-33(37(49)42-30)26-15-6-3-7-16-26/h4,8-9,12,14,17-19,22,26,29-30,33-34H,2-3,5-7,10-11,13,15-16,20-21,23-24H2,1H3,(H,40,50)(H,41,48)(H,42,49)(H,43,45)(H,44,46)(H,51,52)/t29?,30-,33?,34-/m0/s1. The van der Waals surface area contributed by atoms with Crippen LogP contribution in [0.3, 0.4) is 0 Å². The fourth-order valence-corrected chi connectivity index (χ4v) is 6.71. The Hall–Kier alpha value is -5.27. The molecular formula is C39H51N5O9. The lowest BCUT2D eigenvalue weighted by atomic mass is 9.83. The van der Waals surface area contributed by atoms with E-state index in [0.29, 0.717) is 36.3 Å². The summed E-state index contributed by atoms with van der Waals surface area (Å²) in [6.45, 7) is 1.54. The summed E-state index contributed by atoms with van der Waals surface area (Å²) in [7, 11) is 0. The Kier molecular flexibility index (Phi) is 15.8. The molecule has 2 aliphatic rings. The molecular weight excluding hydrogens is 682 g/mol. The number of aliphatic carboxylic acids is 1. The fraction of sp³-hybridized carbons (Fsp3) is 0.513. The molecule has 1 fully saturated rings. The molecule has 0 radical (unpaired) electrons. The Labute approximate surface area is 309 Å². The summed E-state index contributed by atoms with van der Waals surface area (Å²) in [5.41, 5.74) is 1.01. The smallest absolute Gasteiger partial charge is 0.330 e. The van der Waals surface area contributed by atoms with Crippen LogP contribution in [-0.2, 0) is 40.0 Å². The molecule has 5 amide bonds. The zero-order chi connectivity index (χ0) is 38.2. The maximum absolute atomic E-state index is 14.0. The van der Waals surface area contributed by atoms with Gasteiger partial charge in [-0.05, 0) is 67.7 Å². The van der Waals surface area contributed by atoms with Gasteiger partial charge in [-0.1, -0.05) is 75.1 Å². The first kappa shape index (κ1) is 40.5. The van der Waals surface area contributed by atoms with Gasteiger partial charge in [-0.2, -0.15) is 0 Å². The number of nitrogens with one attached hydrogen (secondary N) is 5. The summed E-state index contributed by atoms with van der Waals surface area (Å²) in [4.78, 5) is 91.6. The number of Topliss-reactive ketones (excluding diaryl/α,β-unsaturated/α-hetero) is 1. The van der Waals surface area contributed by atoms with E-state index in [1.165, 1.54) is 12.1 Å². The number of carboxylic acids is 1. The minimum absolute atomic E-state index is 0.0334. The van der Waals surface area contributed by atoms with Crippen LogP contribution in [0.5, 0.6) is 5.75 Å². The number of carboxylic acid groups (broad SMARTS) is 1. The normalized spacial score (nSPS) is 19.9. The van der Waals surface area contributed by atoms with Gasteiger partial charge in [0.05, 0.1) is 19.2 Å². The van der Waals surface area contributed by atoms with Crippen molar-refractivity contribution in [2.24, 2.45) is 5.92 Å². The van der Waals surface area contributed by atoms with E-state index in [4.69, 9.17) is 4.74 Å². The highest BCUT2D eigenvalue weighted by Gasteiger charge is 2.35. The van der Waals surface area contributed by atoms with Crippen LogP contribution in [0, 0.1) is 5.92 Å². The van der Waals surface area contributed by atoms with E-state index < -0.39 is 66.1 Å². The highest BCUT2D eigenvalue weighted by molar-refractivity contribution is 6.38. The summed E-state index contributed by atoms with van der Waals surface area (Å²) < 4.78 is 5.90. The molecule has 2 aromatic rings. The third kappa shape index (κ3) is 12.7. The Bertz CT molecular complexity index is 1590. The zero-order valence-corrected chi connectivity index (χ0v) is 30.2. The quantitative estimate of drug-likeness (QED) is 0.177. The second kappa shape index (κ2) is 20.7. The van der Waals surface area contributed by atoms with Crippen molar-refractivity contribution < 1.29 is 43.4 Å². The minimum Gasteiger partial charge on any atom is -0.494 e. The van der Waals surface area contributed by atoms with Crippen molar-refractivity contribution in [3.05, 3.63) is 65.7 Å². The maximum atomic E-state index is 14.0. The van der Waals surface area contributed by atoms with Crippen LogP contribution < -0.4 is 31.3 Å². The Morgan fingerprint density at radius 1 is 0.887 bits per heavy atom. The number of hydrogen-bond donors (Lipinski definition) is 6. The third-order valence-corrected chi connectivity index (χ3v) is 9.54. The average Bonchev–Trinajstić information content (AvgIpc) is 3.15. The van der Waals surface area contributed by atoms with Gasteiger partial charge in [-0.25, -0.2) is 4.79 Å². The van der Waals surface area contributed by atoms with Crippen molar-refractivity contribution in [3.63, 3.8) is 0 Å². The number of ether oxygens (including phenoxy) is 1. The highest BCUT2D eigenvalue weighted by atomic mass is 16.5. The number of fused-ring (bicyclic) bond motifs is 2. The largest absolute Gasteiger partial charge is 0.494 e. The molecule has 2 bridgehead atoms. The van der Waals surface area contributed by atoms with Crippen molar-refractivity contribution >= 4 is 41.3 Å². The lowest BCUT2D eigenvalue weighted by Crippen LogP contribution is -2.59. The molecule has 1 aliphatic heterocycles. The van der Waals surface area contributed by atoms with Crippen molar-refractivity contribution in [2.75, 3.05) is 13.2 Å². The molecule has 2 aromatic carbocycles. The molecule has 2 unspecified atom stereocenters. The van der Waals surface area contributed by atoms with Crippen LogP contribution in [0.1, 0.15) is 94.7 Å². The van der Waals surface area contributed by atoms with Gasteiger partial charge < -0.3 is 36.4 Å². The van der Waals surface area contributed by atoms with Gasteiger partial charge in [-0.3, -0.25) is 28.8 Å². The molecule has 4 atom stereocenters. The Morgan fingerprint density at radius 3 is 2.34 bits per heavy atom. The van der Waals surface area contributed by atoms with E-state index >= 15 is 0 Å². The van der Waals surface area contributed by atoms with Crippen LogP contribution in [0.4, 0.5) is 0 Å². The monoisotopic (exact) mass is 733 g/mol. The molecule has 286 valence electrons. The lowest BCUT2D eigenvalue weighted by Gasteiger charge is -2.31.